The fourth-order valence-corrected chi connectivity index (χ4v) is 4.60. The van der Waals surface area contributed by atoms with E-state index in [2.05, 4.69) is 10.6 Å². The van der Waals surface area contributed by atoms with Gasteiger partial charge in [0.25, 0.3) is 5.91 Å². The van der Waals surface area contributed by atoms with Crippen molar-refractivity contribution in [3.05, 3.63) is 28.8 Å². The number of halogens is 2. The normalized spacial score (nSPS) is 29.6. The van der Waals surface area contributed by atoms with Crippen molar-refractivity contribution in [1.29, 1.82) is 0 Å². The second kappa shape index (κ2) is 5.72. The first-order valence-electron chi connectivity index (χ1n) is 9.09. The highest BCUT2D eigenvalue weighted by atomic mass is 19.1. The predicted molar refractivity (Wildman–Crippen MR) is 89.9 cm³/mol. The zero-order chi connectivity index (χ0) is 18.9. The van der Waals surface area contributed by atoms with Crippen LogP contribution in [0.1, 0.15) is 35.2 Å². The maximum absolute atomic E-state index is 15.2. The highest BCUT2D eigenvalue weighted by molar-refractivity contribution is 6.05. The summed E-state index contributed by atoms with van der Waals surface area (Å²) in [6, 6.07) is 0.754. The number of anilines is 1. The van der Waals surface area contributed by atoms with E-state index in [1.54, 1.807) is 0 Å². The van der Waals surface area contributed by atoms with E-state index in [9.17, 15) is 18.8 Å². The molecule has 1 aromatic carbocycles. The summed E-state index contributed by atoms with van der Waals surface area (Å²) < 4.78 is 29.9. The van der Waals surface area contributed by atoms with Crippen LogP contribution in [-0.2, 0) is 16.1 Å². The van der Waals surface area contributed by atoms with Crippen LogP contribution >= 0.6 is 0 Å². The average Bonchev–Trinajstić information content (AvgIpc) is 2.96. The van der Waals surface area contributed by atoms with Crippen LogP contribution in [-0.4, -0.2) is 53.8 Å². The van der Waals surface area contributed by atoms with Crippen molar-refractivity contribution in [3.63, 3.8) is 0 Å². The second-order valence-corrected chi connectivity index (χ2v) is 7.65. The van der Waals surface area contributed by atoms with Crippen LogP contribution in [0.25, 0.3) is 0 Å². The Bertz CT molecular complexity index is 874. The minimum atomic E-state index is -0.892. The SMILES string of the molecule is O=C1CCC(N2Cc3c(F)c(N4CC5CC(C4)N5)cc(F)c3C2=O)C(=O)N1. The first kappa shape index (κ1) is 16.6. The van der Waals surface area contributed by atoms with E-state index < -0.39 is 35.4 Å². The molecule has 6 rings (SSSR count). The Hall–Kier alpha value is -2.55. The molecular weight excluding hydrogens is 358 g/mol. The summed E-state index contributed by atoms with van der Waals surface area (Å²) in [5, 5.41) is 5.52. The van der Waals surface area contributed by atoms with Gasteiger partial charge in [0.15, 0.2) is 5.82 Å². The van der Waals surface area contributed by atoms with Gasteiger partial charge in [-0.25, -0.2) is 8.78 Å². The van der Waals surface area contributed by atoms with Gasteiger partial charge in [0, 0.05) is 43.2 Å². The Morgan fingerprint density at radius 3 is 2.48 bits per heavy atom. The van der Waals surface area contributed by atoms with E-state index in [0.29, 0.717) is 13.1 Å². The summed E-state index contributed by atoms with van der Waals surface area (Å²) in [4.78, 5) is 39.1. The average molecular weight is 376 g/mol. The van der Waals surface area contributed by atoms with Crippen molar-refractivity contribution in [3.8, 4) is 0 Å². The minimum Gasteiger partial charge on any atom is -0.366 e. The zero-order valence-corrected chi connectivity index (χ0v) is 14.4. The van der Waals surface area contributed by atoms with Crippen LogP contribution in [0, 0.1) is 11.6 Å². The van der Waals surface area contributed by atoms with Crippen molar-refractivity contribution in [2.24, 2.45) is 0 Å². The number of carbonyl (C=O) groups is 3. The van der Waals surface area contributed by atoms with Gasteiger partial charge in [-0.15, -0.1) is 0 Å². The number of fused-ring (bicyclic) bond motifs is 3. The molecule has 5 aliphatic heterocycles. The van der Waals surface area contributed by atoms with Gasteiger partial charge in [-0.2, -0.15) is 0 Å². The van der Waals surface area contributed by atoms with Gasteiger partial charge < -0.3 is 15.1 Å². The Morgan fingerprint density at radius 1 is 1.11 bits per heavy atom. The number of carbonyl (C=O) groups excluding carboxylic acids is 3. The van der Waals surface area contributed by atoms with Crippen LogP contribution < -0.4 is 15.5 Å². The summed E-state index contributed by atoms with van der Waals surface area (Å²) in [5.74, 6) is -3.08. The topological polar surface area (TPSA) is 81.8 Å². The maximum Gasteiger partial charge on any atom is 0.258 e. The number of rotatable bonds is 2. The molecule has 4 fully saturated rings. The molecule has 27 heavy (non-hydrogen) atoms. The number of hydrogen-bond acceptors (Lipinski definition) is 5. The van der Waals surface area contributed by atoms with Crippen molar-refractivity contribution in [2.45, 2.75) is 43.9 Å². The molecular formula is C18H18F2N4O3. The molecule has 1 aromatic rings. The first-order valence-corrected chi connectivity index (χ1v) is 9.09. The molecule has 0 spiro atoms. The number of hydrogen-bond donors (Lipinski definition) is 2. The lowest BCUT2D eigenvalue weighted by Gasteiger charge is -2.49. The predicted octanol–water partition coefficient (Wildman–Crippen LogP) is 0.276. The largest absolute Gasteiger partial charge is 0.366 e. The van der Waals surface area contributed by atoms with Gasteiger partial charge in [-0.1, -0.05) is 0 Å². The molecule has 5 aliphatic rings. The van der Waals surface area contributed by atoms with Gasteiger partial charge in [-0.3, -0.25) is 19.7 Å². The third kappa shape index (κ3) is 2.44. The van der Waals surface area contributed by atoms with Gasteiger partial charge in [0.2, 0.25) is 11.8 Å². The lowest BCUT2D eigenvalue weighted by molar-refractivity contribution is -0.136. The lowest BCUT2D eigenvalue weighted by atomic mass is 9.90. The fraction of sp³-hybridized carbons (Fsp3) is 0.500. The highest BCUT2D eigenvalue weighted by Gasteiger charge is 2.44. The standard InChI is InChI=1S/C18H18F2N4O3/c19-11-4-13(23-5-8-3-9(6-23)21-8)16(20)10-7-24(18(27)15(10)11)12-1-2-14(25)22-17(12)26/h4,8-9,12,21H,1-3,5-7H2,(H,22,25,26). The number of amides is 3. The molecule has 9 heteroatoms. The Kier molecular flexibility index (Phi) is 3.52. The van der Waals surface area contributed by atoms with Crippen LogP contribution in [0.5, 0.6) is 0 Å². The Morgan fingerprint density at radius 2 is 1.81 bits per heavy atom. The van der Waals surface area contributed by atoms with Crippen LogP contribution in [0.15, 0.2) is 6.07 Å². The molecule has 3 unspecified atom stereocenters. The van der Waals surface area contributed by atoms with Gasteiger partial charge in [0.05, 0.1) is 17.8 Å². The van der Waals surface area contributed by atoms with Gasteiger partial charge in [-0.05, 0) is 12.8 Å². The molecule has 3 atom stereocenters. The van der Waals surface area contributed by atoms with Crippen molar-refractivity contribution in [1.82, 2.24) is 15.5 Å². The Labute approximate surface area is 153 Å². The molecule has 5 heterocycles. The Balaban J connectivity index is 1.47. The number of nitrogens with zero attached hydrogens (tertiary/aromatic N) is 2. The molecule has 2 N–H and O–H groups in total. The fourth-order valence-electron chi connectivity index (χ4n) is 4.60. The highest BCUT2D eigenvalue weighted by Crippen LogP contribution is 2.37. The van der Waals surface area contributed by atoms with Crippen molar-refractivity contribution >= 4 is 23.4 Å². The maximum atomic E-state index is 15.2. The van der Waals surface area contributed by atoms with Gasteiger partial charge >= 0.3 is 0 Å². The third-order valence-corrected chi connectivity index (χ3v) is 5.95. The molecule has 4 saturated heterocycles. The second-order valence-electron chi connectivity index (χ2n) is 7.65. The summed E-state index contributed by atoms with van der Waals surface area (Å²) in [6.45, 7) is 1.02. The van der Waals surface area contributed by atoms with E-state index >= 15 is 4.39 Å². The smallest absolute Gasteiger partial charge is 0.258 e. The molecule has 0 aliphatic carbocycles. The number of imide groups is 1. The van der Waals surface area contributed by atoms with E-state index in [0.717, 1.165) is 17.4 Å². The summed E-state index contributed by atoms with van der Waals surface area (Å²) in [6.07, 6.45) is 1.28. The van der Waals surface area contributed by atoms with E-state index in [-0.39, 0.29) is 48.3 Å². The molecule has 0 aromatic heterocycles. The van der Waals surface area contributed by atoms with Crippen LogP contribution in [0.3, 0.4) is 0 Å². The molecule has 2 bridgehead atoms. The monoisotopic (exact) mass is 376 g/mol. The van der Waals surface area contributed by atoms with Crippen molar-refractivity contribution < 1.29 is 23.2 Å². The van der Waals surface area contributed by atoms with Crippen molar-refractivity contribution in [2.75, 3.05) is 18.0 Å². The van der Waals surface area contributed by atoms with Gasteiger partial charge in [0.1, 0.15) is 11.9 Å². The molecule has 0 radical (unpaired) electrons. The number of piperazine rings is 1. The number of benzene rings is 1. The lowest BCUT2D eigenvalue weighted by Crippen LogP contribution is -2.67. The van der Waals surface area contributed by atoms with Crippen LogP contribution in [0.4, 0.5) is 14.5 Å². The minimum absolute atomic E-state index is 0.00749. The first-order chi connectivity index (χ1) is 12.9. The molecule has 3 amide bonds. The molecule has 0 saturated carbocycles. The van der Waals surface area contributed by atoms with E-state index in [1.165, 1.54) is 0 Å². The zero-order valence-electron chi connectivity index (χ0n) is 14.4. The summed E-state index contributed by atoms with van der Waals surface area (Å²) in [5.41, 5.74) is -0.145. The summed E-state index contributed by atoms with van der Waals surface area (Å²) in [7, 11) is 0. The van der Waals surface area contributed by atoms with E-state index in [4.69, 9.17) is 0 Å². The molecule has 142 valence electrons. The van der Waals surface area contributed by atoms with Crippen LogP contribution in [0.2, 0.25) is 0 Å². The number of piperidine rings is 2. The summed E-state index contributed by atoms with van der Waals surface area (Å²) >= 11 is 0. The molecule has 7 nitrogen and oxygen atoms in total. The third-order valence-electron chi connectivity index (χ3n) is 5.95. The number of nitrogens with one attached hydrogen (secondary N) is 2. The quantitative estimate of drug-likeness (QED) is 0.725. The van der Waals surface area contributed by atoms with E-state index in [1.807, 2.05) is 4.90 Å².